The van der Waals surface area contributed by atoms with Crippen LogP contribution in [-0.4, -0.2) is 32.9 Å². The highest BCUT2D eigenvalue weighted by molar-refractivity contribution is 7.98. The topological polar surface area (TPSA) is 108 Å². The number of nitrogens with zero attached hydrogens (tertiary/aromatic N) is 4. The molecule has 4 aromatic rings. The molecule has 0 radical (unpaired) electrons. The van der Waals surface area contributed by atoms with Crippen molar-refractivity contribution in [3.63, 3.8) is 0 Å². The summed E-state index contributed by atoms with van der Waals surface area (Å²) in [6, 6.07) is 16.9. The predicted molar refractivity (Wildman–Crippen MR) is 123 cm³/mol. The van der Waals surface area contributed by atoms with Gasteiger partial charge in [0.15, 0.2) is 5.82 Å². The Kier molecular flexibility index (Phi) is 6.48. The summed E-state index contributed by atoms with van der Waals surface area (Å²) in [6.45, 7) is 0. The van der Waals surface area contributed by atoms with Crippen LogP contribution in [0.5, 0.6) is 5.75 Å². The third kappa shape index (κ3) is 5.04. The summed E-state index contributed by atoms with van der Waals surface area (Å²) >= 11 is 2.89. The molecular weight excluding hydrogens is 432 g/mol. The lowest BCUT2D eigenvalue weighted by atomic mass is 10.2. The van der Waals surface area contributed by atoms with Crippen molar-refractivity contribution in [3.05, 3.63) is 70.7 Å². The van der Waals surface area contributed by atoms with Crippen LogP contribution >= 0.6 is 23.1 Å². The van der Waals surface area contributed by atoms with E-state index in [-0.39, 0.29) is 12.3 Å². The first-order chi connectivity index (χ1) is 15.1. The monoisotopic (exact) mass is 452 g/mol. The van der Waals surface area contributed by atoms with E-state index in [1.165, 1.54) is 27.8 Å². The van der Waals surface area contributed by atoms with Crippen molar-refractivity contribution in [1.82, 2.24) is 19.9 Å². The van der Waals surface area contributed by atoms with Crippen LogP contribution in [0.1, 0.15) is 10.7 Å². The van der Waals surface area contributed by atoms with E-state index in [1.54, 1.807) is 7.11 Å². The molecule has 0 spiro atoms. The molecule has 2 heterocycles. The number of aromatic nitrogens is 4. The molecular formula is C21H20N6O2S2. The van der Waals surface area contributed by atoms with Crippen LogP contribution in [0, 0.1) is 0 Å². The number of amides is 1. The second-order valence-corrected chi connectivity index (χ2v) is 8.37. The van der Waals surface area contributed by atoms with Crippen LogP contribution in [0.3, 0.4) is 0 Å². The number of nitrogens with two attached hydrogens (primary N) is 1. The fourth-order valence-corrected chi connectivity index (χ4v) is 4.53. The molecule has 0 bridgehead atoms. The van der Waals surface area contributed by atoms with E-state index < -0.39 is 0 Å². The molecule has 0 aliphatic carbocycles. The SMILES string of the molecule is COc1ccccc1-c1nnc(SCc2csc(CC(=O)Nc3ccccc3)n2)n1N. The van der Waals surface area contributed by atoms with Gasteiger partial charge in [-0.1, -0.05) is 42.1 Å². The number of thioether (sulfide) groups is 1. The van der Waals surface area contributed by atoms with Gasteiger partial charge in [0.05, 0.1) is 24.8 Å². The molecule has 0 saturated heterocycles. The standard InChI is InChI=1S/C21H20N6O2S2/c1-29-17-10-6-5-9-16(17)20-25-26-21(27(20)22)31-13-15-12-30-19(24-15)11-18(28)23-14-7-3-2-4-8-14/h2-10,12H,11,13,22H2,1H3,(H,23,28). The van der Waals surface area contributed by atoms with Crippen molar-refractivity contribution in [1.29, 1.82) is 0 Å². The summed E-state index contributed by atoms with van der Waals surface area (Å²) in [6.07, 6.45) is 0.231. The van der Waals surface area contributed by atoms with Gasteiger partial charge in [-0.15, -0.1) is 21.5 Å². The van der Waals surface area contributed by atoms with Crippen molar-refractivity contribution in [2.75, 3.05) is 18.3 Å². The zero-order valence-electron chi connectivity index (χ0n) is 16.7. The molecule has 158 valence electrons. The predicted octanol–water partition coefficient (Wildman–Crippen LogP) is 3.60. The van der Waals surface area contributed by atoms with Crippen LogP contribution in [0.15, 0.2) is 65.1 Å². The Labute approximate surface area is 187 Å². The number of rotatable bonds is 8. The number of thiazole rings is 1. The highest BCUT2D eigenvalue weighted by atomic mass is 32.2. The molecule has 0 fully saturated rings. The molecule has 8 nitrogen and oxygen atoms in total. The van der Waals surface area contributed by atoms with Gasteiger partial charge in [-0.05, 0) is 24.3 Å². The molecule has 0 atom stereocenters. The van der Waals surface area contributed by atoms with Crippen LogP contribution in [0.25, 0.3) is 11.4 Å². The van der Waals surface area contributed by atoms with E-state index in [9.17, 15) is 4.79 Å². The number of anilines is 1. The lowest BCUT2D eigenvalue weighted by molar-refractivity contribution is -0.115. The fourth-order valence-electron chi connectivity index (χ4n) is 2.89. The number of hydrogen-bond donors (Lipinski definition) is 2. The van der Waals surface area contributed by atoms with Gasteiger partial charge in [0.1, 0.15) is 10.8 Å². The Morgan fingerprint density at radius 2 is 1.94 bits per heavy atom. The second kappa shape index (κ2) is 9.63. The van der Waals surface area contributed by atoms with Crippen molar-refractivity contribution in [2.24, 2.45) is 0 Å². The molecule has 4 rings (SSSR count). The largest absolute Gasteiger partial charge is 0.496 e. The molecule has 10 heteroatoms. The van der Waals surface area contributed by atoms with Gasteiger partial charge in [0.2, 0.25) is 11.1 Å². The first-order valence-electron chi connectivity index (χ1n) is 9.39. The molecule has 2 aromatic carbocycles. The van der Waals surface area contributed by atoms with Crippen molar-refractivity contribution < 1.29 is 9.53 Å². The van der Waals surface area contributed by atoms with Crippen molar-refractivity contribution >= 4 is 34.7 Å². The summed E-state index contributed by atoms with van der Waals surface area (Å²) in [5.41, 5.74) is 2.40. The van der Waals surface area contributed by atoms with Gasteiger partial charge in [0, 0.05) is 16.8 Å². The number of methoxy groups -OCH3 is 1. The van der Waals surface area contributed by atoms with E-state index in [0.29, 0.717) is 22.5 Å². The average molecular weight is 453 g/mol. The van der Waals surface area contributed by atoms with Crippen LogP contribution in [0.2, 0.25) is 0 Å². The molecule has 0 unspecified atom stereocenters. The quantitative estimate of drug-likeness (QED) is 0.311. The smallest absolute Gasteiger partial charge is 0.231 e. The number of benzene rings is 2. The number of nitrogens with one attached hydrogen (secondary N) is 1. The Hall–Kier alpha value is -3.37. The van der Waals surface area contributed by atoms with Crippen molar-refractivity contribution in [2.45, 2.75) is 17.3 Å². The third-order valence-electron chi connectivity index (χ3n) is 4.33. The molecule has 0 aliphatic heterocycles. The fraction of sp³-hybridized carbons (Fsp3) is 0.143. The van der Waals surface area contributed by atoms with E-state index in [0.717, 1.165) is 22.0 Å². The van der Waals surface area contributed by atoms with Gasteiger partial charge in [-0.25, -0.2) is 9.66 Å². The summed E-state index contributed by atoms with van der Waals surface area (Å²) in [4.78, 5) is 16.8. The Balaban J connectivity index is 1.37. The second-order valence-electron chi connectivity index (χ2n) is 6.49. The highest BCUT2D eigenvalue weighted by Crippen LogP contribution is 2.30. The number of ether oxygens (including phenoxy) is 1. The zero-order chi connectivity index (χ0) is 21.6. The third-order valence-corrected chi connectivity index (χ3v) is 6.20. The molecule has 31 heavy (non-hydrogen) atoms. The van der Waals surface area contributed by atoms with E-state index >= 15 is 0 Å². The zero-order valence-corrected chi connectivity index (χ0v) is 18.3. The average Bonchev–Trinajstić information content (AvgIpc) is 3.38. The maximum absolute atomic E-state index is 12.2. The molecule has 2 aromatic heterocycles. The van der Waals surface area contributed by atoms with E-state index in [4.69, 9.17) is 10.6 Å². The number of carbonyl (C=O) groups is 1. The molecule has 1 amide bonds. The minimum Gasteiger partial charge on any atom is -0.496 e. The minimum atomic E-state index is -0.0945. The number of nitrogen functional groups attached to an aromatic ring is 1. The number of hydrogen-bond acceptors (Lipinski definition) is 8. The minimum absolute atomic E-state index is 0.0945. The van der Waals surface area contributed by atoms with E-state index in [2.05, 4.69) is 20.5 Å². The van der Waals surface area contributed by atoms with Gasteiger partial charge in [0.25, 0.3) is 0 Å². The van der Waals surface area contributed by atoms with E-state index in [1.807, 2.05) is 60.0 Å². The van der Waals surface area contributed by atoms with Gasteiger partial charge in [-0.2, -0.15) is 0 Å². The van der Waals surface area contributed by atoms with Gasteiger partial charge in [-0.3, -0.25) is 4.79 Å². The Bertz CT molecular complexity index is 1180. The normalized spacial score (nSPS) is 10.7. The molecule has 0 saturated carbocycles. The van der Waals surface area contributed by atoms with Crippen LogP contribution in [-0.2, 0) is 17.0 Å². The first-order valence-corrected chi connectivity index (χ1v) is 11.3. The van der Waals surface area contributed by atoms with Crippen LogP contribution in [0.4, 0.5) is 5.69 Å². The summed E-state index contributed by atoms with van der Waals surface area (Å²) in [5.74, 6) is 7.89. The number of carbonyl (C=O) groups excluding carboxylic acids is 1. The van der Waals surface area contributed by atoms with Gasteiger partial charge < -0.3 is 15.9 Å². The lowest BCUT2D eigenvalue weighted by Gasteiger charge is -2.07. The Morgan fingerprint density at radius 1 is 1.16 bits per heavy atom. The van der Waals surface area contributed by atoms with Crippen LogP contribution < -0.4 is 15.9 Å². The summed E-state index contributed by atoms with van der Waals surface area (Å²) in [7, 11) is 1.60. The summed E-state index contributed by atoms with van der Waals surface area (Å²) in [5, 5.41) is 14.5. The Morgan fingerprint density at radius 3 is 2.74 bits per heavy atom. The van der Waals surface area contributed by atoms with Crippen molar-refractivity contribution in [3.8, 4) is 17.1 Å². The lowest BCUT2D eigenvalue weighted by Crippen LogP contribution is -2.14. The maximum Gasteiger partial charge on any atom is 0.231 e. The maximum atomic E-state index is 12.2. The highest BCUT2D eigenvalue weighted by Gasteiger charge is 2.16. The van der Waals surface area contributed by atoms with Gasteiger partial charge >= 0.3 is 0 Å². The summed E-state index contributed by atoms with van der Waals surface area (Å²) < 4.78 is 6.83. The first kappa shape index (κ1) is 20.9. The molecule has 0 aliphatic rings. The number of para-hydroxylation sites is 2. The molecule has 3 N–H and O–H groups in total.